The van der Waals surface area contributed by atoms with Gasteiger partial charge in [0, 0.05) is 48.6 Å². The zero-order valence-corrected chi connectivity index (χ0v) is 26.3. The van der Waals surface area contributed by atoms with Crippen LogP contribution in [0, 0.1) is 34.3 Å². The number of piperazine rings is 1. The van der Waals surface area contributed by atoms with Gasteiger partial charge in [0.2, 0.25) is 12.3 Å². The number of likely N-dealkylation sites (tertiary alicyclic amines) is 1. The van der Waals surface area contributed by atoms with Gasteiger partial charge in [-0.25, -0.2) is 22.5 Å². The summed E-state index contributed by atoms with van der Waals surface area (Å²) in [6.07, 6.45) is -6.09. The molecule has 0 radical (unpaired) electrons. The summed E-state index contributed by atoms with van der Waals surface area (Å²) in [6.45, 7) is 2.93. The Morgan fingerprint density at radius 1 is 1.15 bits per heavy atom. The fourth-order valence-electron chi connectivity index (χ4n) is 7.32. The molecule has 258 valence electrons. The molecule has 48 heavy (non-hydrogen) atoms. The largest absolute Gasteiger partial charge is 0.480 e. The molecule has 2 bridgehead atoms. The number of nitrogens with one attached hydrogen (secondary N) is 1. The molecule has 10 nitrogen and oxygen atoms in total. The van der Waals surface area contributed by atoms with Crippen LogP contribution in [0.5, 0.6) is 11.9 Å². The van der Waals surface area contributed by atoms with Gasteiger partial charge in [0.25, 0.3) is 0 Å². The number of rotatable bonds is 7. The number of alkyl halides is 5. The van der Waals surface area contributed by atoms with E-state index >= 15 is 4.39 Å². The van der Waals surface area contributed by atoms with Gasteiger partial charge in [0.1, 0.15) is 39.9 Å². The number of fused-ring (bicyclic) bond motifs is 3. The number of aromatic nitrogens is 3. The van der Waals surface area contributed by atoms with Crippen molar-refractivity contribution in [1.82, 2.24) is 25.2 Å². The predicted molar refractivity (Wildman–Crippen MR) is 161 cm³/mol. The number of nitrogens with two attached hydrogens (primary N) is 1. The monoisotopic (exact) mass is 682 g/mol. The number of nitriles is 1. The van der Waals surface area contributed by atoms with Crippen molar-refractivity contribution in [3.05, 3.63) is 28.8 Å². The number of benzene rings is 1. The van der Waals surface area contributed by atoms with Gasteiger partial charge in [0.15, 0.2) is 5.82 Å². The maximum atomic E-state index is 16.8. The lowest BCUT2D eigenvalue weighted by Crippen LogP contribution is -2.51. The topological polar surface area (TPSA) is 125 Å². The van der Waals surface area contributed by atoms with E-state index in [-0.39, 0.29) is 42.9 Å². The Morgan fingerprint density at radius 3 is 2.44 bits per heavy atom. The maximum Gasteiger partial charge on any atom is 0.419 e. The van der Waals surface area contributed by atoms with Gasteiger partial charge in [-0.05, 0) is 38.9 Å². The van der Waals surface area contributed by atoms with E-state index in [1.165, 1.54) is 6.07 Å². The van der Waals surface area contributed by atoms with Gasteiger partial charge in [-0.3, -0.25) is 0 Å². The minimum Gasteiger partial charge on any atom is -0.480 e. The van der Waals surface area contributed by atoms with Crippen molar-refractivity contribution in [2.45, 2.75) is 50.9 Å². The molecule has 1 aromatic carbocycles. The number of nitrogen functional groups attached to an aromatic ring is 1. The molecule has 3 aliphatic heterocycles. The van der Waals surface area contributed by atoms with E-state index in [4.69, 9.17) is 15.2 Å². The summed E-state index contributed by atoms with van der Waals surface area (Å²) in [7, 11) is 2.95. The van der Waals surface area contributed by atoms with Crippen LogP contribution in [-0.2, 0) is 6.18 Å². The standard InChI is InChI=1S/C31H33F7N8O2/c1-30(12-45(2)7-6-17(30)26(34)35)13-48-29-43-25-21(27(44-29)46-10-14-4-5-15(11-46)41-14)28(47-3)42-24(23(25)33)20-16(9-39)19(40)8-18(32)22(20)31(36,37)38/h8,14-15,17,26,41H,4-7,10-13,40H2,1-3H3/t14-,15+,17-,30+/m1/s1. The van der Waals surface area contributed by atoms with Crippen molar-refractivity contribution in [3.63, 3.8) is 0 Å². The van der Waals surface area contributed by atoms with E-state index < -0.39 is 81.0 Å². The Morgan fingerprint density at radius 2 is 1.83 bits per heavy atom. The number of hydrogen-bond donors (Lipinski definition) is 2. The van der Waals surface area contributed by atoms with Gasteiger partial charge in [-0.1, -0.05) is 6.92 Å². The van der Waals surface area contributed by atoms with Gasteiger partial charge < -0.3 is 30.3 Å². The van der Waals surface area contributed by atoms with Gasteiger partial charge in [0.05, 0.1) is 25.0 Å². The highest BCUT2D eigenvalue weighted by atomic mass is 19.4. The zero-order chi connectivity index (χ0) is 34.7. The molecule has 17 heteroatoms. The minimum atomic E-state index is -5.38. The van der Waals surface area contributed by atoms with E-state index in [1.807, 2.05) is 9.80 Å². The average Bonchev–Trinajstić information content (AvgIpc) is 3.35. The van der Waals surface area contributed by atoms with E-state index in [0.29, 0.717) is 25.7 Å². The molecular weight excluding hydrogens is 649 g/mol. The second-order valence-corrected chi connectivity index (χ2v) is 13.0. The van der Waals surface area contributed by atoms with Crippen molar-refractivity contribution >= 4 is 22.4 Å². The van der Waals surface area contributed by atoms with Crippen molar-refractivity contribution in [1.29, 1.82) is 5.26 Å². The molecule has 3 fully saturated rings. The second kappa shape index (κ2) is 12.4. The lowest BCUT2D eigenvalue weighted by Gasteiger charge is -2.44. The summed E-state index contributed by atoms with van der Waals surface area (Å²) >= 11 is 0. The summed E-state index contributed by atoms with van der Waals surface area (Å²) in [4.78, 5) is 16.5. The first-order valence-corrected chi connectivity index (χ1v) is 15.3. The Hall–Kier alpha value is -4.17. The fraction of sp³-hybridized carbons (Fsp3) is 0.548. The number of halogens is 7. The Bertz CT molecular complexity index is 1770. The van der Waals surface area contributed by atoms with Crippen LogP contribution in [0.3, 0.4) is 0 Å². The summed E-state index contributed by atoms with van der Waals surface area (Å²) in [5.74, 6) is -4.59. The summed E-state index contributed by atoms with van der Waals surface area (Å²) in [6, 6.07) is 1.55. The number of piperidine rings is 1. The highest BCUT2D eigenvalue weighted by molar-refractivity contribution is 5.97. The fourth-order valence-corrected chi connectivity index (χ4v) is 7.32. The molecule has 0 spiro atoms. The Labute approximate surface area is 271 Å². The number of pyridine rings is 1. The van der Waals surface area contributed by atoms with Crippen molar-refractivity contribution < 1.29 is 40.2 Å². The molecule has 2 aromatic heterocycles. The molecular formula is C31H33F7N8O2. The lowest BCUT2D eigenvalue weighted by molar-refractivity contribution is -0.139. The quantitative estimate of drug-likeness (QED) is 0.260. The number of methoxy groups -OCH3 is 1. The molecule has 4 atom stereocenters. The number of ether oxygens (including phenoxy) is 2. The molecule has 3 aromatic rings. The summed E-state index contributed by atoms with van der Waals surface area (Å²) in [5.41, 5.74) is -1.68. The third-order valence-electron chi connectivity index (χ3n) is 9.55. The Kier molecular flexibility index (Phi) is 8.69. The van der Waals surface area contributed by atoms with Crippen LogP contribution in [0.2, 0.25) is 0 Å². The molecule has 3 saturated heterocycles. The van der Waals surface area contributed by atoms with Crippen LogP contribution in [0.15, 0.2) is 6.07 Å². The number of nitrogens with zero attached hydrogens (tertiary/aromatic N) is 6. The molecule has 5 heterocycles. The molecule has 0 saturated carbocycles. The first kappa shape index (κ1) is 33.7. The van der Waals surface area contributed by atoms with Crippen LogP contribution in [-0.4, -0.2) is 85.3 Å². The minimum absolute atomic E-state index is 0.0625. The van der Waals surface area contributed by atoms with Gasteiger partial charge in [-0.2, -0.15) is 28.4 Å². The molecule has 6 rings (SSSR count). The lowest BCUT2D eigenvalue weighted by atomic mass is 9.73. The van der Waals surface area contributed by atoms with Crippen LogP contribution in [0.25, 0.3) is 22.2 Å². The predicted octanol–water partition coefficient (Wildman–Crippen LogP) is 4.99. The van der Waals surface area contributed by atoms with Crippen LogP contribution in [0.1, 0.15) is 37.3 Å². The van der Waals surface area contributed by atoms with Crippen LogP contribution in [0.4, 0.5) is 42.2 Å². The van der Waals surface area contributed by atoms with E-state index in [2.05, 4.69) is 20.3 Å². The van der Waals surface area contributed by atoms with E-state index in [9.17, 15) is 31.6 Å². The highest BCUT2D eigenvalue weighted by Gasteiger charge is 2.45. The SMILES string of the molecule is COc1nc(-c2c(C#N)c(N)cc(F)c2C(F)(F)F)c(F)c2nc(OC[C@]3(C)CN(C)CC[C@@H]3C(F)F)nc(N3C[C@H]4CC[C@@H](C3)N4)c12. The molecule has 3 aliphatic rings. The first-order chi connectivity index (χ1) is 22.6. The van der Waals surface area contributed by atoms with Gasteiger partial charge in [-0.15, -0.1) is 0 Å². The molecule has 3 N–H and O–H groups in total. The van der Waals surface area contributed by atoms with Crippen molar-refractivity contribution in [2.75, 3.05) is 57.6 Å². The molecule has 0 aliphatic carbocycles. The summed E-state index contributed by atoms with van der Waals surface area (Å²) in [5, 5.41) is 13.1. The second-order valence-electron chi connectivity index (χ2n) is 13.0. The summed E-state index contributed by atoms with van der Waals surface area (Å²) < 4.78 is 114. The van der Waals surface area contributed by atoms with Crippen LogP contribution >= 0.6 is 0 Å². The third-order valence-corrected chi connectivity index (χ3v) is 9.55. The zero-order valence-electron chi connectivity index (χ0n) is 26.3. The maximum absolute atomic E-state index is 16.8. The number of anilines is 2. The van der Waals surface area contributed by atoms with Crippen LogP contribution < -0.4 is 25.4 Å². The first-order valence-electron chi connectivity index (χ1n) is 15.3. The number of hydrogen-bond acceptors (Lipinski definition) is 10. The van der Waals surface area contributed by atoms with E-state index in [0.717, 1.165) is 20.0 Å². The van der Waals surface area contributed by atoms with E-state index in [1.54, 1.807) is 14.0 Å². The molecule has 0 amide bonds. The average molecular weight is 683 g/mol. The Balaban J connectivity index is 1.57. The van der Waals surface area contributed by atoms with Crippen molar-refractivity contribution in [3.8, 4) is 29.2 Å². The highest BCUT2D eigenvalue weighted by Crippen LogP contribution is 2.46. The molecule has 0 unspecified atom stereocenters. The normalized spacial score (nSPS) is 24.7. The third kappa shape index (κ3) is 5.89. The van der Waals surface area contributed by atoms with Gasteiger partial charge >= 0.3 is 12.2 Å². The van der Waals surface area contributed by atoms with Crippen molar-refractivity contribution in [2.24, 2.45) is 11.3 Å². The smallest absolute Gasteiger partial charge is 0.419 e.